The fourth-order valence-corrected chi connectivity index (χ4v) is 2.09. The Morgan fingerprint density at radius 3 is 2.41 bits per heavy atom. The molecule has 2 rings (SSSR count). The summed E-state index contributed by atoms with van der Waals surface area (Å²) in [6.07, 6.45) is 4.00. The van der Waals surface area contributed by atoms with Gasteiger partial charge in [-0.1, -0.05) is 68.1 Å². The van der Waals surface area contributed by atoms with Crippen LogP contribution in [0.25, 0.3) is 6.08 Å². The molecule has 0 aliphatic rings. The first kappa shape index (κ1) is 11.7. The number of rotatable bonds is 4. The maximum atomic E-state index is 3.82. The van der Waals surface area contributed by atoms with Gasteiger partial charge in [-0.15, -0.1) is 0 Å². The second kappa shape index (κ2) is 5.49. The molecule has 0 bridgehead atoms. The zero-order valence-corrected chi connectivity index (χ0v) is 10.3. The summed E-state index contributed by atoms with van der Waals surface area (Å²) in [5, 5.41) is 0. The molecule has 0 aromatic heterocycles. The van der Waals surface area contributed by atoms with Crippen LogP contribution in [0.3, 0.4) is 0 Å². The molecular weight excluding hydrogens is 204 g/mol. The standard InChI is InChI=1S/C17H18/c1-3-14-10-11-17(16(4-2)12-14)13-15-8-6-5-7-9-15/h3,5-12H,1,4,13H2,2H3. The monoisotopic (exact) mass is 222 g/mol. The molecule has 0 spiro atoms. The lowest BCUT2D eigenvalue weighted by atomic mass is 9.96. The van der Waals surface area contributed by atoms with Gasteiger partial charge in [0.05, 0.1) is 0 Å². The minimum absolute atomic E-state index is 1.02. The Hall–Kier alpha value is -1.82. The van der Waals surface area contributed by atoms with E-state index in [2.05, 4.69) is 62.0 Å². The average Bonchev–Trinajstić information content (AvgIpc) is 2.40. The van der Waals surface area contributed by atoms with Crippen LogP contribution in [0.1, 0.15) is 29.2 Å². The summed E-state index contributed by atoms with van der Waals surface area (Å²) in [5.41, 5.74) is 5.42. The summed E-state index contributed by atoms with van der Waals surface area (Å²) in [4.78, 5) is 0. The summed E-state index contributed by atoms with van der Waals surface area (Å²) in [6.45, 7) is 6.03. The lowest BCUT2D eigenvalue weighted by Gasteiger charge is -2.09. The van der Waals surface area contributed by atoms with E-state index in [1.165, 1.54) is 22.3 Å². The van der Waals surface area contributed by atoms with Crippen LogP contribution >= 0.6 is 0 Å². The van der Waals surface area contributed by atoms with Gasteiger partial charge in [0.25, 0.3) is 0 Å². The van der Waals surface area contributed by atoms with E-state index in [1.807, 2.05) is 6.08 Å². The van der Waals surface area contributed by atoms with Crippen LogP contribution in [0.15, 0.2) is 55.1 Å². The molecule has 0 radical (unpaired) electrons. The van der Waals surface area contributed by atoms with E-state index in [4.69, 9.17) is 0 Å². The van der Waals surface area contributed by atoms with Crippen molar-refractivity contribution in [2.24, 2.45) is 0 Å². The Morgan fingerprint density at radius 2 is 1.76 bits per heavy atom. The van der Waals surface area contributed by atoms with Crippen LogP contribution in [-0.4, -0.2) is 0 Å². The van der Waals surface area contributed by atoms with Crippen molar-refractivity contribution < 1.29 is 0 Å². The van der Waals surface area contributed by atoms with E-state index in [-0.39, 0.29) is 0 Å². The zero-order valence-electron chi connectivity index (χ0n) is 10.3. The van der Waals surface area contributed by atoms with Gasteiger partial charge < -0.3 is 0 Å². The van der Waals surface area contributed by atoms with Gasteiger partial charge in [0.1, 0.15) is 0 Å². The summed E-state index contributed by atoms with van der Waals surface area (Å²) in [5.74, 6) is 0. The molecule has 0 fully saturated rings. The highest BCUT2D eigenvalue weighted by molar-refractivity contribution is 5.50. The molecule has 17 heavy (non-hydrogen) atoms. The molecule has 0 amide bonds. The second-order valence-electron chi connectivity index (χ2n) is 4.25. The number of benzene rings is 2. The summed E-state index contributed by atoms with van der Waals surface area (Å²) >= 11 is 0. The molecule has 0 saturated heterocycles. The van der Waals surface area contributed by atoms with Crippen molar-refractivity contribution in [3.63, 3.8) is 0 Å². The van der Waals surface area contributed by atoms with Crippen molar-refractivity contribution in [2.45, 2.75) is 19.8 Å². The van der Waals surface area contributed by atoms with Crippen molar-refractivity contribution >= 4 is 6.08 Å². The van der Waals surface area contributed by atoms with Gasteiger partial charge in [0.15, 0.2) is 0 Å². The minimum atomic E-state index is 1.02. The van der Waals surface area contributed by atoms with Crippen LogP contribution in [0.5, 0.6) is 0 Å². The van der Waals surface area contributed by atoms with Crippen LogP contribution < -0.4 is 0 Å². The van der Waals surface area contributed by atoms with Gasteiger partial charge in [-0.25, -0.2) is 0 Å². The number of aryl methyl sites for hydroxylation is 1. The van der Waals surface area contributed by atoms with E-state index in [1.54, 1.807) is 0 Å². The van der Waals surface area contributed by atoms with E-state index >= 15 is 0 Å². The molecule has 0 N–H and O–H groups in total. The molecule has 0 heteroatoms. The third kappa shape index (κ3) is 2.85. The van der Waals surface area contributed by atoms with Crippen LogP contribution in [0, 0.1) is 0 Å². The first-order chi connectivity index (χ1) is 8.33. The zero-order chi connectivity index (χ0) is 12.1. The van der Waals surface area contributed by atoms with Crippen LogP contribution in [0.2, 0.25) is 0 Å². The third-order valence-corrected chi connectivity index (χ3v) is 3.08. The molecule has 0 nitrogen and oxygen atoms in total. The summed E-state index contributed by atoms with van der Waals surface area (Å²) in [7, 11) is 0. The lowest BCUT2D eigenvalue weighted by Crippen LogP contribution is -1.95. The fraction of sp³-hybridized carbons (Fsp3) is 0.176. The predicted molar refractivity (Wildman–Crippen MR) is 75.2 cm³/mol. The summed E-state index contributed by atoms with van der Waals surface area (Å²) in [6, 6.07) is 17.2. The Morgan fingerprint density at radius 1 is 1.00 bits per heavy atom. The van der Waals surface area contributed by atoms with Gasteiger partial charge in [-0.3, -0.25) is 0 Å². The van der Waals surface area contributed by atoms with Crippen molar-refractivity contribution in [2.75, 3.05) is 0 Å². The molecule has 0 heterocycles. The Bertz CT molecular complexity index is 495. The Kier molecular flexibility index (Phi) is 3.77. The Balaban J connectivity index is 2.29. The van der Waals surface area contributed by atoms with Gasteiger partial charge in [0, 0.05) is 0 Å². The molecule has 0 unspecified atom stereocenters. The average molecular weight is 222 g/mol. The first-order valence-electron chi connectivity index (χ1n) is 6.11. The molecular formula is C17H18. The molecule has 2 aromatic rings. The number of hydrogen-bond donors (Lipinski definition) is 0. The third-order valence-electron chi connectivity index (χ3n) is 3.08. The topological polar surface area (TPSA) is 0 Å². The van der Waals surface area contributed by atoms with Gasteiger partial charge >= 0.3 is 0 Å². The van der Waals surface area contributed by atoms with Crippen molar-refractivity contribution in [3.8, 4) is 0 Å². The fourth-order valence-electron chi connectivity index (χ4n) is 2.09. The summed E-state index contributed by atoms with van der Waals surface area (Å²) < 4.78 is 0. The van der Waals surface area contributed by atoms with Gasteiger partial charge in [-0.2, -0.15) is 0 Å². The largest absolute Gasteiger partial charge is 0.0985 e. The molecule has 0 aliphatic carbocycles. The van der Waals surface area contributed by atoms with E-state index in [0.29, 0.717) is 0 Å². The normalized spacial score (nSPS) is 10.2. The quantitative estimate of drug-likeness (QED) is 0.715. The van der Waals surface area contributed by atoms with E-state index in [9.17, 15) is 0 Å². The number of hydrogen-bond acceptors (Lipinski definition) is 0. The molecule has 0 atom stereocenters. The van der Waals surface area contributed by atoms with Gasteiger partial charge in [-0.05, 0) is 35.1 Å². The predicted octanol–water partition coefficient (Wildman–Crippen LogP) is 4.48. The van der Waals surface area contributed by atoms with E-state index in [0.717, 1.165) is 12.8 Å². The molecule has 0 aliphatic heterocycles. The van der Waals surface area contributed by atoms with E-state index < -0.39 is 0 Å². The van der Waals surface area contributed by atoms with Crippen molar-refractivity contribution in [1.29, 1.82) is 0 Å². The molecule has 86 valence electrons. The smallest absolute Gasteiger partial charge is 0.00230 e. The maximum absolute atomic E-state index is 3.82. The highest BCUT2D eigenvalue weighted by Crippen LogP contribution is 2.17. The maximum Gasteiger partial charge on any atom is -0.00230 e. The van der Waals surface area contributed by atoms with Gasteiger partial charge in [0.2, 0.25) is 0 Å². The lowest BCUT2D eigenvalue weighted by molar-refractivity contribution is 1.06. The minimum Gasteiger partial charge on any atom is -0.0985 e. The SMILES string of the molecule is C=Cc1ccc(Cc2ccccc2)c(CC)c1. The van der Waals surface area contributed by atoms with Crippen molar-refractivity contribution in [1.82, 2.24) is 0 Å². The first-order valence-corrected chi connectivity index (χ1v) is 6.11. The second-order valence-corrected chi connectivity index (χ2v) is 4.25. The highest BCUT2D eigenvalue weighted by atomic mass is 14.1. The van der Waals surface area contributed by atoms with Crippen LogP contribution in [0.4, 0.5) is 0 Å². The molecule has 0 saturated carbocycles. The molecule has 2 aromatic carbocycles. The Labute approximate surface area is 104 Å². The highest BCUT2D eigenvalue weighted by Gasteiger charge is 2.02. The van der Waals surface area contributed by atoms with Crippen molar-refractivity contribution in [3.05, 3.63) is 77.4 Å². The van der Waals surface area contributed by atoms with Crippen LogP contribution in [-0.2, 0) is 12.8 Å².